The number of thioether (sulfide) groups is 1. The molecule has 0 aliphatic carbocycles. The number of hydrogen-bond donors (Lipinski definition) is 0. The number of para-hydroxylation sites is 3. The summed E-state index contributed by atoms with van der Waals surface area (Å²) in [5.41, 5.74) is 6.55. The molecule has 0 atom stereocenters. The van der Waals surface area contributed by atoms with E-state index in [0.29, 0.717) is 5.75 Å². The summed E-state index contributed by atoms with van der Waals surface area (Å²) in [6, 6.07) is 18.0. The highest BCUT2D eigenvalue weighted by Gasteiger charge is 2.18. The second kappa shape index (κ2) is 6.74. The molecule has 0 N–H and O–H groups in total. The minimum absolute atomic E-state index is 0.115. The number of aryl methyl sites for hydroxylation is 1. The molecular formula is C23H20N4OS. The summed E-state index contributed by atoms with van der Waals surface area (Å²) in [6.07, 6.45) is 0. The molecule has 0 aliphatic rings. The molecule has 0 bridgehead atoms. The van der Waals surface area contributed by atoms with E-state index in [1.807, 2.05) is 80.1 Å². The second-order valence-corrected chi connectivity index (χ2v) is 8.17. The van der Waals surface area contributed by atoms with Crippen LogP contribution < -0.4 is 0 Å². The number of aromatic nitrogens is 4. The standard InChI is InChI=1S/C23H20N4OS/c1-14-12-17(15(2)26(14)3)21(28)13-29-23-25-18-9-5-4-8-16(18)22-24-19-10-6-7-11-20(19)27(22)23/h4-12H,13H2,1-3H3. The van der Waals surface area contributed by atoms with E-state index in [1.54, 1.807) is 0 Å². The topological polar surface area (TPSA) is 52.2 Å². The van der Waals surface area contributed by atoms with E-state index in [0.717, 1.165) is 49.7 Å². The Kier molecular flexibility index (Phi) is 4.17. The fraction of sp³-hybridized carbons (Fsp3) is 0.174. The van der Waals surface area contributed by atoms with Gasteiger partial charge in [-0.05, 0) is 44.2 Å². The minimum atomic E-state index is 0.115. The number of carbonyl (C=O) groups excluding carboxylic acids is 1. The maximum Gasteiger partial charge on any atom is 0.175 e. The van der Waals surface area contributed by atoms with Gasteiger partial charge in [-0.15, -0.1) is 0 Å². The van der Waals surface area contributed by atoms with Gasteiger partial charge < -0.3 is 4.57 Å². The van der Waals surface area contributed by atoms with Crippen molar-refractivity contribution in [2.75, 3.05) is 5.75 Å². The van der Waals surface area contributed by atoms with Crippen LogP contribution in [0.4, 0.5) is 0 Å². The highest BCUT2D eigenvalue weighted by Crippen LogP contribution is 2.29. The van der Waals surface area contributed by atoms with Gasteiger partial charge in [-0.25, -0.2) is 9.97 Å². The van der Waals surface area contributed by atoms with E-state index in [1.165, 1.54) is 11.8 Å². The predicted octanol–water partition coefficient (Wildman–Crippen LogP) is 4.97. The molecule has 0 saturated heterocycles. The van der Waals surface area contributed by atoms with Crippen molar-refractivity contribution in [2.45, 2.75) is 19.0 Å². The molecule has 0 radical (unpaired) electrons. The SMILES string of the molecule is Cc1cc(C(=O)CSc2nc3ccccc3c3nc4ccccc4n23)c(C)n1C. The summed E-state index contributed by atoms with van der Waals surface area (Å²) in [7, 11) is 1.99. The van der Waals surface area contributed by atoms with Crippen LogP contribution in [0.15, 0.2) is 59.8 Å². The first-order valence-electron chi connectivity index (χ1n) is 9.49. The first-order valence-corrected chi connectivity index (χ1v) is 10.5. The van der Waals surface area contributed by atoms with E-state index in [4.69, 9.17) is 9.97 Å². The first-order chi connectivity index (χ1) is 14.0. The van der Waals surface area contributed by atoms with Crippen LogP contribution >= 0.6 is 11.8 Å². The smallest absolute Gasteiger partial charge is 0.175 e. The van der Waals surface area contributed by atoms with Gasteiger partial charge in [-0.1, -0.05) is 36.0 Å². The third kappa shape index (κ3) is 2.83. The van der Waals surface area contributed by atoms with Crippen molar-refractivity contribution < 1.29 is 4.79 Å². The first kappa shape index (κ1) is 17.9. The average Bonchev–Trinajstić information content (AvgIpc) is 3.25. The summed E-state index contributed by atoms with van der Waals surface area (Å²) in [5.74, 6) is 0.445. The van der Waals surface area contributed by atoms with E-state index in [9.17, 15) is 4.79 Å². The summed E-state index contributed by atoms with van der Waals surface area (Å²) in [5, 5.41) is 1.79. The number of fused-ring (bicyclic) bond motifs is 5. The monoisotopic (exact) mass is 400 g/mol. The number of rotatable bonds is 4. The van der Waals surface area contributed by atoms with Gasteiger partial charge in [0.25, 0.3) is 0 Å². The highest BCUT2D eigenvalue weighted by atomic mass is 32.2. The molecule has 144 valence electrons. The maximum absolute atomic E-state index is 12.9. The van der Waals surface area contributed by atoms with E-state index >= 15 is 0 Å². The Labute approximate surface area is 172 Å². The van der Waals surface area contributed by atoms with Crippen LogP contribution in [-0.4, -0.2) is 30.5 Å². The molecule has 0 unspecified atom stereocenters. The summed E-state index contributed by atoms with van der Waals surface area (Å²) in [4.78, 5) is 22.6. The number of ketones is 1. The van der Waals surface area contributed by atoms with E-state index in [2.05, 4.69) is 4.40 Å². The van der Waals surface area contributed by atoms with Gasteiger partial charge in [-0.2, -0.15) is 0 Å². The highest BCUT2D eigenvalue weighted by molar-refractivity contribution is 7.99. The number of benzene rings is 2. The molecule has 2 aromatic carbocycles. The molecule has 3 heterocycles. The van der Waals surface area contributed by atoms with Gasteiger partial charge in [0.05, 0.1) is 22.3 Å². The Morgan fingerprint density at radius 3 is 2.48 bits per heavy atom. The summed E-state index contributed by atoms with van der Waals surface area (Å²) < 4.78 is 4.12. The maximum atomic E-state index is 12.9. The van der Waals surface area contributed by atoms with Crippen molar-refractivity contribution >= 4 is 45.1 Å². The van der Waals surface area contributed by atoms with Gasteiger partial charge in [0, 0.05) is 29.4 Å². The predicted molar refractivity (Wildman–Crippen MR) is 118 cm³/mol. The minimum Gasteiger partial charge on any atom is -0.351 e. The molecule has 5 nitrogen and oxygen atoms in total. The molecule has 0 amide bonds. The molecule has 0 saturated carbocycles. The molecule has 0 aliphatic heterocycles. The van der Waals surface area contributed by atoms with Crippen LogP contribution in [0.25, 0.3) is 27.6 Å². The lowest BCUT2D eigenvalue weighted by molar-refractivity contribution is 0.102. The van der Waals surface area contributed by atoms with Gasteiger partial charge in [0.2, 0.25) is 0 Å². The van der Waals surface area contributed by atoms with Crippen molar-refractivity contribution in [3.05, 3.63) is 71.5 Å². The van der Waals surface area contributed by atoms with Crippen molar-refractivity contribution in [3.63, 3.8) is 0 Å². The van der Waals surface area contributed by atoms with Gasteiger partial charge in [0.1, 0.15) is 5.65 Å². The fourth-order valence-electron chi connectivity index (χ4n) is 3.76. The van der Waals surface area contributed by atoms with Crippen molar-refractivity contribution in [1.82, 2.24) is 18.9 Å². The Bertz CT molecular complexity index is 1410. The molecule has 29 heavy (non-hydrogen) atoms. The summed E-state index contributed by atoms with van der Waals surface area (Å²) in [6.45, 7) is 4.00. The van der Waals surface area contributed by atoms with Crippen LogP contribution in [0.1, 0.15) is 21.7 Å². The molecule has 5 rings (SSSR count). The number of nitrogens with zero attached hydrogens (tertiary/aromatic N) is 4. The normalized spacial score (nSPS) is 11.7. The second-order valence-electron chi connectivity index (χ2n) is 7.23. The van der Waals surface area contributed by atoms with Crippen LogP contribution in [0.5, 0.6) is 0 Å². The van der Waals surface area contributed by atoms with Gasteiger partial charge in [0.15, 0.2) is 10.9 Å². The summed E-state index contributed by atoms with van der Waals surface area (Å²) >= 11 is 1.46. The molecular weight excluding hydrogens is 380 g/mol. The molecule has 0 spiro atoms. The van der Waals surface area contributed by atoms with Crippen molar-refractivity contribution in [1.29, 1.82) is 0 Å². The zero-order valence-corrected chi connectivity index (χ0v) is 17.3. The average molecular weight is 401 g/mol. The van der Waals surface area contributed by atoms with Crippen molar-refractivity contribution in [3.8, 4) is 0 Å². The van der Waals surface area contributed by atoms with Crippen LogP contribution in [0.2, 0.25) is 0 Å². The van der Waals surface area contributed by atoms with E-state index < -0.39 is 0 Å². The lowest BCUT2D eigenvalue weighted by Gasteiger charge is -2.08. The Balaban J connectivity index is 1.62. The zero-order valence-electron chi connectivity index (χ0n) is 16.5. The molecule has 0 fully saturated rings. The number of carbonyl (C=O) groups is 1. The molecule has 6 heteroatoms. The van der Waals surface area contributed by atoms with Crippen LogP contribution in [-0.2, 0) is 7.05 Å². The quantitative estimate of drug-likeness (QED) is 0.243. The number of imidazole rings is 1. The van der Waals surface area contributed by atoms with Gasteiger partial charge in [-0.3, -0.25) is 9.20 Å². The fourth-order valence-corrected chi connectivity index (χ4v) is 4.65. The largest absolute Gasteiger partial charge is 0.351 e. The van der Waals surface area contributed by atoms with Gasteiger partial charge >= 0.3 is 0 Å². The lowest BCUT2D eigenvalue weighted by atomic mass is 10.2. The van der Waals surface area contributed by atoms with Crippen molar-refractivity contribution in [2.24, 2.45) is 7.05 Å². The number of hydrogen-bond acceptors (Lipinski definition) is 4. The lowest BCUT2D eigenvalue weighted by Crippen LogP contribution is -2.06. The van der Waals surface area contributed by atoms with Crippen LogP contribution in [0, 0.1) is 13.8 Å². The Morgan fingerprint density at radius 2 is 1.72 bits per heavy atom. The third-order valence-electron chi connectivity index (χ3n) is 5.52. The van der Waals surface area contributed by atoms with Crippen LogP contribution in [0.3, 0.4) is 0 Å². The molecule has 5 aromatic rings. The molecule has 3 aromatic heterocycles. The third-order valence-corrected chi connectivity index (χ3v) is 6.46. The van der Waals surface area contributed by atoms with E-state index in [-0.39, 0.29) is 5.78 Å². The number of Topliss-reactive ketones (excluding diaryl/α,β-unsaturated/α-hetero) is 1. The Morgan fingerprint density at radius 1 is 1.00 bits per heavy atom. The Hall–Kier alpha value is -3.12. The zero-order chi connectivity index (χ0) is 20.1.